The van der Waals surface area contributed by atoms with Crippen molar-refractivity contribution < 1.29 is 18.0 Å². The van der Waals surface area contributed by atoms with Gasteiger partial charge in [0, 0.05) is 15.9 Å². The summed E-state index contributed by atoms with van der Waals surface area (Å²) >= 11 is 6.07. The minimum absolute atomic E-state index is 0.0598. The first-order chi connectivity index (χ1) is 13.6. The molecule has 0 unspecified atom stereocenters. The number of hydrazine groups is 1. The average molecular weight is 435 g/mol. The SMILES string of the molecule is Cc1cc(C)cc(S(=O)(=O)c2c(C(=O)NCC(=O)NN)[nH]c3ccc(Cl)cc23)c1. The van der Waals surface area contributed by atoms with Crippen LogP contribution >= 0.6 is 11.6 Å². The first kappa shape index (κ1) is 20.8. The Kier molecular flexibility index (Phi) is 5.65. The molecule has 0 radical (unpaired) electrons. The summed E-state index contributed by atoms with van der Waals surface area (Å²) in [4.78, 5) is 26.7. The van der Waals surface area contributed by atoms with Crippen LogP contribution in [0.4, 0.5) is 0 Å². The van der Waals surface area contributed by atoms with E-state index in [0.29, 0.717) is 10.5 Å². The molecule has 3 aromatic rings. The van der Waals surface area contributed by atoms with E-state index in [1.807, 2.05) is 11.5 Å². The smallest absolute Gasteiger partial charge is 0.269 e. The molecule has 0 atom stereocenters. The van der Waals surface area contributed by atoms with E-state index in [1.54, 1.807) is 26.0 Å². The zero-order valence-electron chi connectivity index (χ0n) is 15.7. The molecule has 8 nitrogen and oxygen atoms in total. The van der Waals surface area contributed by atoms with Crippen molar-refractivity contribution in [2.45, 2.75) is 23.6 Å². The van der Waals surface area contributed by atoms with Gasteiger partial charge in [0.05, 0.1) is 11.4 Å². The molecule has 0 bridgehead atoms. The van der Waals surface area contributed by atoms with Crippen LogP contribution in [0.3, 0.4) is 0 Å². The van der Waals surface area contributed by atoms with E-state index in [0.717, 1.165) is 11.1 Å². The molecule has 0 saturated carbocycles. The van der Waals surface area contributed by atoms with E-state index in [9.17, 15) is 18.0 Å². The second-order valence-corrected chi connectivity index (χ2v) is 8.92. The fourth-order valence-electron chi connectivity index (χ4n) is 3.08. The molecule has 0 aliphatic heterocycles. The molecule has 1 heterocycles. The average Bonchev–Trinajstić information content (AvgIpc) is 3.04. The van der Waals surface area contributed by atoms with E-state index in [-0.39, 0.29) is 20.9 Å². The van der Waals surface area contributed by atoms with Gasteiger partial charge in [-0.05, 0) is 55.3 Å². The van der Waals surface area contributed by atoms with Gasteiger partial charge in [-0.3, -0.25) is 15.0 Å². The zero-order chi connectivity index (χ0) is 21.3. The molecule has 0 aliphatic carbocycles. The van der Waals surface area contributed by atoms with Gasteiger partial charge in [-0.2, -0.15) is 0 Å². The molecule has 0 aliphatic rings. The summed E-state index contributed by atoms with van der Waals surface area (Å²) in [6.07, 6.45) is 0. The highest BCUT2D eigenvalue weighted by Crippen LogP contribution is 2.34. The molecule has 10 heteroatoms. The van der Waals surface area contributed by atoms with Crippen LogP contribution in [-0.4, -0.2) is 31.8 Å². The van der Waals surface area contributed by atoms with Crippen molar-refractivity contribution in [3.05, 3.63) is 58.2 Å². The van der Waals surface area contributed by atoms with Crippen molar-refractivity contribution in [1.82, 2.24) is 15.7 Å². The molecule has 2 aromatic carbocycles. The number of sulfone groups is 1. The number of hydrogen-bond acceptors (Lipinski definition) is 5. The fraction of sp³-hybridized carbons (Fsp3) is 0.158. The summed E-state index contributed by atoms with van der Waals surface area (Å²) < 4.78 is 27.0. The normalized spacial score (nSPS) is 11.4. The van der Waals surface area contributed by atoms with Gasteiger partial charge in [-0.1, -0.05) is 17.7 Å². The number of fused-ring (bicyclic) bond motifs is 1. The third kappa shape index (κ3) is 4.12. The lowest BCUT2D eigenvalue weighted by atomic mass is 10.2. The zero-order valence-corrected chi connectivity index (χ0v) is 17.2. The van der Waals surface area contributed by atoms with E-state index >= 15 is 0 Å². The number of aromatic amines is 1. The number of benzene rings is 2. The third-order valence-electron chi connectivity index (χ3n) is 4.28. The Bertz CT molecular complexity index is 1210. The number of amides is 2. The van der Waals surface area contributed by atoms with Crippen LogP contribution in [0, 0.1) is 13.8 Å². The van der Waals surface area contributed by atoms with Gasteiger partial charge >= 0.3 is 0 Å². The van der Waals surface area contributed by atoms with Crippen LogP contribution in [0.2, 0.25) is 5.02 Å². The number of nitrogens with two attached hydrogens (primary N) is 1. The number of hydrogen-bond donors (Lipinski definition) is 4. The number of aromatic nitrogens is 1. The predicted octanol–water partition coefficient (Wildman–Crippen LogP) is 1.99. The van der Waals surface area contributed by atoms with E-state index in [2.05, 4.69) is 10.3 Å². The lowest BCUT2D eigenvalue weighted by molar-refractivity contribution is -0.120. The van der Waals surface area contributed by atoms with E-state index in [4.69, 9.17) is 17.4 Å². The lowest BCUT2D eigenvalue weighted by Gasteiger charge is -2.09. The predicted molar refractivity (Wildman–Crippen MR) is 109 cm³/mol. The summed E-state index contributed by atoms with van der Waals surface area (Å²) in [6.45, 7) is 3.17. The first-order valence-corrected chi connectivity index (χ1v) is 10.4. The summed E-state index contributed by atoms with van der Waals surface area (Å²) in [5, 5.41) is 2.96. The number of rotatable bonds is 5. The maximum absolute atomic E-state index is 13.5. The summed E-state index contributed by atoms with van der Waals surface area (Å²) in [5.41, 5.74) is 3.66. The Hall–Kier alpha value is -2.88. The molecule has 2 amide bonds. The Labute approximate surface area is 172 Å². The highest BCUT2D eigenvalue weighted by atomic mass is 35.5. The van der Waals surface area contributed by atoms with E-state index < -0.39 is 28.2 Å². The van der Waals surface area contributed by atoms with Crippen LogP contribution < -0.4 is 16.6 Å². The van der Waals surface area contributed by atoms with Crippen LogP contribution in [-0.2, 0) is 14.6 Å². The maximum Gasteiger partial charge on any atom is 0.269 e. The van der Waals surface area contributed by atoms with E-state index in [1.165, 1.54) is 18.2 Å². The number of aryl methyl sites for hydroxylation is 2. The molecule has 29 heavy (non-hydrogen) atoms. The monoisotopic (exact) mass is 434 g/mol. The maximum atomic E-state index is 13.5. The molecule has 0 saturated heterocycles. The quantitative estimate of drug-likeness (QED) is 0.277. The van der Waals surface area contributed by atoms with Crippen molar-refractivity contribution in [1.29, 1.82) is 0 Å². The van der Waals surface area contributed by atoms with Gasteiger partial charge in [-0.15, -0.1) is 0 Å². The fourth-order valence-corrected chi connectivity index (χ4v) is 5.05. The van der Waals surface area contributed by atoms with Gasteiger partial charge in [-0.25, -0.2) is 14.3 Å². The number of carbonyl (C=O) groups is 2. The summed E-state index contributed by atoms with van der Waals surface area (Å²) in [5.74, 6) is 3.62. The Morgan fingerprint density at radius 3 is 2.38 bits per heavy atom. The van der Waals surface area contributed by atoms with Crippen LogP contribution in [0.25, 0.3) is 10.9 Å². The summed E-state index contributed by atoms with van der Waals surface area (Å²) in [6, 6.07) is 9.57. The molecular weight excluding hydrogens is 416 g/mol. The molecule has 5 N–H and O–H groups in total. The second-order valence-electron chi connectivity index (χ2n) is 6.60. The van der Waals surface area contributed by atoms with Crippen molar-refractivity contribution in [2.75, 3.05) is 6.54 Å². The second kappa shape index (κ2) is 7.86. The van der Waals surface area contributed by atoms with Gasteiger partial charge in [0.15, 0.2) is 0 Å². The van der Waals surface area contributed by atoms with Gasteiger partial charge < -0.3 is 10.3 Å². The number of nitrogens with one attached hydrogen (secondary N) is 3. The highest BCUT2D eigenvalue weighted by molar-refractivity contribution is 7.91. The van der Waals surface area contributed by atoms with Crippen molar-refractivity contribution in [3.63, 3.8) is 0 Å². The van der Waals surface area contributed by atoms with Crippen molar-refractivity contribution in [3.8, 4) is 0 Å². The third-order valence-corrected chi connectivity index (χ3v) is 6.34. The molecular formula is C19H19ClN4O4S. The molecule has 152 valence electrons. The Morgan fingerprint density at radius 1 is 1.10 bits per heavy atom. The highest BCUT2D eigenvalue weighted by Gasteiger charge is 2.30. The van der Waals surface area contributed by atoms with Crippen LogP contribution in [0.1, 0.15) is 21.6 Å². The number of H-pyrrole nitrogens is 1. The van der Waals surface area contributed by atoms with Crippen molar-refractivity contribution in [2.24, 2.45) is 5.84 Å². The Morgan fingerprint density at radius 2 is 1.76 bits per heavy atom. The van der Waals surface area contributed by atoms with Gasteiger partial charge in [0.1, 0.15) is 10.6 Å². The minimum Gasteiger partial charge on any atom is -0.349 e. The number of carbonyl (C=O) groups excluding carboxylic acids is 2. The van der Waals surface area contributed by atoms with Crippen LogP contribution in [0.5, 0.6) is 0 Å². The molecule has 0 spiro atoms. The first-order valence-electron chi connectivity index (χ1n) is 8.55. The topological polar surface area (TPSA) is 134 Å². The molecule has 0 fully saturated rings. The number of halogens is 1. The largest absolute Gasteiger partial charge is 0.349 e. The van der Waals surface area contributed by atoms with Crippen LogP contribution in [0.15, 0.2) is 46.2 Å². The standard InChI is InChI=1S/C19H19ClN4O4S/c1-10-5-11(2)7-13(6-10)29(27,28)18-14-8-12(20)3-4-15(14)23-17(18)19(26)22-9-16(25)24-21/h3-8,23H,9,21H2,1-2H3,(H,22,26)(H,24,25). The minimum atomic E-state index is -4.08. The molecule has 3 rings (SSSR count). The van der Waals surface area contributed by atoms with Gasteiger partial charge in [0.2, 0.25) is 9.84 Å². The van der Waals surface area contributed by atoms with Gasteiger partial charge in [0.25, 0.3) is 11.8 Å². The Balaban J connectivity index is 2.22. The molecule has 1 aromatic heterocycles. The van der Waals surface area contributed by atoms with Crippen molar-refractivity contribution >= 4 is 44.2 Å². The lowest BCUT2D eigenvalue weighted by Crippen LogP contribution is -2.40. The summed E-state index contributed by atoms with van der Waals surface area (Å²) in [7, 11) is -4.08.